The summed E-state index contributed by atoms with van der Waals surface area (Å²) in [5.41, 5.74) is 1.12. The van der Waals surface area contributed by atoms with E-state index in [2.05, 4.69) is 13.2 Å². The van der Waals surface area contributed by atoms with Crippen LogP contribution in [0.1, 0.15) is 15.9 Å². The van der Waals surface area contributed by atoms with Crippen LogP contribution < -0.4 is 4.74 Å². The second kappa shape index (κ2) is 7.38. The number of hydrogen-bond donors (Lipinski definition) is 1. The molecule has 0 spiro atoms. The molecule has 0 aromatic heterocycles. The van der Waals surface area contributed by atoms with Gasteiger partial charge in [-0.2, -0.15) is 0 Å². The fourth-order valence-electron chi connectivity index (χ4n) is 1.84. The van der Waals surface area contributed by atoms with Gasteiger partial charge in [0.2, 0.25) is 0 Å². The maximum Gasteiger partial charge on any atom is 0.162 e. The predicted octanol–water partition coefficient (Wildman–Crippen LogP) is 2.39. The lowest BCUT2D eigenvalue weighted by atomic mass is 10.1. The summed E-state index contributed by atoms with van der Waals surface area (Å²) in [5, 5.41) is 10.1. The zero-order chi connectivity index (χ0) is 14.3. The van der Waals surface area contributed by atoms with Gasteiger partial charge in [-0.05, 0) is 12.1 Å². The number of phenolic OH excluding ortho intramolecular Hbond substituents is 1. The van der Waals surface area contributed by atoms with Crippen molar-refractivity contribution in [2.45, 2.75) is 6.54 Å². The fraction of sp³-hybridized carbons (Fsp3) is 0.267. The number of methoxy groups -OCH3 is 1. The van der Waals surface area contributed by atoms with Crippen LogP contribution in [-0.2, 0) is 6.54 Å². The first-order chi connectivity index (χ1) is 9.15. The highest BCUT2D eigenvalue weighted by Crippen LogP contribution is 2.31. The normalized spacial score (nSPS) is 10.2. The highest BCUT2D eigenvalue weighted by molar-refractivity contribution is 5.77. The largest absolute Gasteiger partial charge is 0.504 e. The lowest BCUT2D eigenvalue weighted by Gasteiger charge is -2.20. The number of nitrogens with zero attached hydrogens (tertiary/aromatic N) is 1. The van der Waals surface area contributed by atoms with E-state index in [1.54, 1.807) is 18.2 Å². The molecule has 1 N–H and O–H groups in total. The fourth-order valence-corrected chi connectivity index (χ4v) is 1.84. The zero-order valence-corrected chi connectivity index (χ0v) is 11.1. The van der Waals surface area contributed by atoms with Gasteiger partial charge >= 0.3 is 0 Å². The van der Waals surface area contributed by atoms with Crippen LogP contribution in [0.25, 0.3) is 0 Å². The number of phenols is 1. The molecule has 0 saturated carbocycles. The van der Waals surface area contributed by atoms with E-state index >= 15 is 0 Å². The van der Waals surface area contributed by atoms with Crippen LogP contribution >= 0.6 is 0 Å². The number of benzene rings is 1. The first-order valence-electron chi connectivity index (χ1n) is 5.95. The second-order valence-electron chi connectivity index (χ2n) is 4.12. The Hall–Kier alpha value is -2.07. The van der Waals surface area contributed by atoms with Crippen LogP contribution in [0.3, 0.4) is 0 Å². The third-order valence-corrected chi connectivity index (χ3v) is 2.70. The highest BCUT2D eigenvalue weighted by Gasteiger charge is 2.13. The average molecular weight is 261 g/mol. The number of ether oxygens (including phenoxy) is 1. The maximum absolute atomic E-state index is 10.9. The molecule has 0 saturated heterocycles. The summed E-state index contributed by atoms with van der Waals surface area (Å²) < 4.78 is 5.06. The van der Waals surface area contributed by atoms with E-state index in [-0.39, 0.29) is 5.75 Å². The Morgan fingerprint density at radius 2 is 1.95 bits per heavy atom. The molecule has 0 aliphatic rings. The Bertz CT molecular complexity index is 459. The van der Waals surface area contributed by atoms with Crippen LogP contribution in [0.2, 0.25) is 0 Å². The molecule has 1 rings (SSSR count). The van der Waals surface area contributed by atoms with Crippen molar-refractivity contribution in [1.29, 1.82) is 0 Å². The standard InChI is InChI=1S/C15H19NO3/c1-4-6-16(7-5-2)10-13-8-12(11-17)9-14(19-3)15(13)18/h4-5,8-9,11,18H,1-2,6-7,10H2,3H3. The Balaban J connectivity index is 3.06. The van der Waals surface area contributed by atoms with E-state index in [4.69, 9.17) is 4.74 Å². The van der Waals surface area contributed by atoms with Crippen molar-refractivity contribution in [3.63, 3.8) is 0 Å². The summed E-state index contributed by atoms with van der Waals surface area (Å²) >= 11 is 0. The van der Waals surface area contributed by atoms with Crippen LogP contribution in [0, 0.1) is 0 Å². The molecular weight excluding hydrogens is 242 g/mol. The summed E-state index contributed by atoms with van der Waals surface area (Å²) in [6, 6.07) is 3.17. The van der Waals surface area contributed by atoms with Gasteiger partial charge < -0.3 is 9.84 Å². The van der Waals surface area contributed by atoms with Gasteiger partial charge in [0.05, 0.1) is 7.11 Å². The van der Waals surface area contributed by atoms with E-state index in [9.17, 15) is 9.90 Å². The molecule has 1 aromatic carbocycles. The minimum Gasteiger partial charge on any atom is -0.504 e. The summed E-state index contributed by atoms with van der Waals surface area (Å²) in [5.74, 6) is 0.364. The van der Waals surface area contributed by atoms with Crippen molar-refractivity contribution in [2.75, 3.05) is 20.2 Å². The molecule has 1 aromatic rings. The Morgan fingerprint density at radius 1 is 1.32 bits per heavy atom. The van der Waals surface area contributed by atoms with Gasteiger partial charge in [-0.3, -0.25) is 9.69 Å². The van der Waals surface area contributed by atoms with Crippen LogP contribution in [0.15, 0.2) is 37.4 Å². The van der Waals surface area contributed by atoms with E-state index in [1.807, 2.05) is 4.90 Å². The molecular formula is C15H19NO3. The maximum atomic E-state index is 10.9. The molecule has 0 heterocycles. The Labute approximate surface area is 113 Å². The SMILES string of the molecule is C=CCN(CC=C)Cc1cc(C=O)cc(OC)c1O. The Morgan fingerprint density at radius 3 is 2.42 bits per heavy atom. The van der Waals surface area contributed by atoms with Crippen molar-refractivity contribution < 1.29 is 14.6 Å². The van der Waals surface area contributed by atoms with Crippen LogP contribution in [0.4, 0.5) is 0 Å². The molecule has 0 amide bonds. The number of carbonyl (C=O) groups is 1. The van der Waals surface area contributed by atoms with Gasteiger partial charge in [-0.15, -0.1) is 13.2 Å². The van der Waals surface area contributed by atoms with Crippen LogP contribution in [-0.4, -0.2) is 36.5 Å². The number of aldehydes is 1. The lowest BCUT2D eigenvalue weighted by molar-refractivity contribution is 0.112. The highest BCUT2D eigenvalue weighted by atomic mass is 16.5. The lowest BCUT2D eigenvalue weighted by Crippen LogP contribution is -2.23. The molecule has 0 unspecified atom stereocenters. The van der Waals surface area contributed by atoms with Gasteiger partial charge in [0.15, 0.2) is 11.5 Å². The third kappa shape index (κ3) is 3.96. The number of hydrogen-bond acceptors (Lipinski definition) is 4. The monoisotopic (exact) mass is 261 g/mol. The summed E-state index contributed by atoms with van der Waals surface area (Å²) in [6.07, 6.45) is 4.29. The predicted molar refractivity (Wildman–Crippen MR) is 75.7 cm³/mol. The van der Waals surface area contributed by atoms with Gasteiger partial charge in [-0.1, -0.05) is 12.2 Å². The number of aromatic hydroxyl groups is 1. The van der Waals surface area contributed by atoms with Crippen LogP contribution in [0.5, 0.6) is 11.5 Å². The van der Waals surface area contributed by atoms with Gasteiger partial charge in [0.25, 0.3) is 0 Å². The summed E-state index contributed by atoms with van der Waals surface area (Å²) in [7, 11) is 1.46. The van der Waals surface area contributed by atoms with E-state index in [0.29, 0.717) is 36.5 Å². The first kappa shape index (κ1) is 15.0. The second-order valence-corrected chi connectivity index (χ2v) is 4.12. The molecule has 0 bridgehead atoms. The molecule has 0 fully saturated rings. The zero-order valence-electron chi connectivity index (χ0n) is 11.1. The number of rotatable bonds is 8. The molecule has 4 nitrogen and oxygen atoms in total. The molecule has 0 atom stereocenters. The first-order valence-corrected chi connectivity index (χ1v) is 5.95. The molecule has 102 valence electrons. The minimum atomic E-state index is 0.0613. The van der Waals surface area contributed by atoms with Crippen molar-refractivity contribution in [3.05, 3.63) is 48.6 Å². The number of carbonyl (C=O) groups excluding carboxylic acids is 1. The van der Waals surface area contributed by atoms with Crippen molar-refractivity contribution in [1.82, 2.24) is 4.90 Å². The molecule has 19 heavy (non-hydrogen) atoms. The molecule has 0 radical (unpaired) electrons. The van der Waals surface area contributed by atoms with Crippen molar-refractivity contribution in [2.24, 2.45) is 0 Å². The summed E-state index contributed by atoms with van der Waals surface area (Å²) in [6.45, 7) is 9.21. The van der Waals surface area contributed by atoms with Gasteiger partial charge in [0, 0.05) is 30.8 Å². The molecule has 0 aliphatic carbocycles. The average Bonchev–Trinajstić information content (AvgIpc) is 2.41. The third-order valence-electron chi connectivity index (χ3n) is 2.70. The quantitative estimate of drug-likeness (QED) is 0.576. The van der Waals surface area contributed by atoms with E-state index in [1.165, 1.54) is 13.2 Å². The minimum absolute atomic E-state index is 0.0613. The molecule has 4 heteroatoms. The van der Waals surface area contributed by atoms with Gasteiger partial charge in [-0.25, -0.2) is 0 Å². The molecule has 0 aliphatic heterocycles. The topological polar surface area (TPSA) is 49.8 Å². The summed E-state index contributed by atoms with van der Waals surface area (Å²) in [4.78, 5) is 12.9. The van der Waals surface area contributed by atoms with Crippen molar-refractivity contribution in [3.8, 4) is 11.5 Å². The van der Waals surface area contributed by atoms with E-state index in [0.717, 1.165) is 6.29 Å². The van der Waals surface area contributed by atoms with Crippen molar-refractivity contribution >= 4 is 6.29 Å². The smallest absolute Gasteiger partial charge is 0.162 e. The van der Waals surface area contributed by atoms with Gasteiger partial charge in [0.1, 0.15) is 6.29 Å². The van der Waals surface area contributed by atoms with E-state index < -0.39 is 0 Å². The Kier molecular flexibility index (Phi) is 5.82.